The first-order valence-corrected chi connectivity index (χ1v) is 12.9. The smallest absolute Gasteiger partial charge is 0.238 e. The zero-order valence-corrected chi connectivity index (χ0v) is 19.8. The van der Waals surface area contributed by atoms with Crippen molar-refractivity contribution in [2.45, 2.75) is 19.0 Å². The molecule has 1 heterocycles. The molecular weight excluding hydrogens is 452 g/mol. The maximum Gasteiger partial charge on any atom is 0.238 e. The van der Waals surface area contributed by atoms with E-state index in [1.165, 1.54) is 0 Å². The molecule has 0 radical (unpaired) electrons. The lowest BCUT2D eigenvalue weighted by atomic mass is 10.1. The van der Waals surface area contributed by atoms with E-state index < -0.39 is 9.84 Å². The molecule has 8 heteroatoms. The second-order valence-corrected chi connectivity index (χ2v) is 10.5. The molecule has 1 aliphatic heterocycles. The number of methoxy groups -OCH3 is 1. The van der Waals surface area contributed by atoms with Gasteiger partial charge < -0.3 is 14.8 Å². The lowest BCUT2D eigenvalue weighted by Crippen LogP contribution is -2.41. The van der Waals surface area contributed by atoms with Crippen LogP contribution in [-0.2, 0) is 21.2 Å². The second-order valence-electron chi connectivity index (χ2n) is 8.30. The van der Waals surface area contributed by atoms with Crippen LogP contribution >= 0.6 is 0 Å². The zero-order chi connectivity index (χ0) is 24.0. The molecule has 0 aromatic heterocycles. The highest BCUT2D eigenvalue weighted by Crippen LogP contribution is 2.24. The van der Waals surface area contributed by atoms with Crippen molar-refractivity contribution in [3.05, 3.63) is 84.4 Å². The first-order valence-electron chi connectivity index (χ1n) is 11.1. The van der Waals surface area contributed by atoms with Crippen molar-refractivity contribution in [2.24, 2.45) is 0 Å². The Morgan fingerprint density at radius 2 is 1.59 bits per heavy atom. The van der Waals surface area contributed by atoms with Gasteiger partial charge in [-0.1, -0.05) is 30.3 Å². The summed E-state index contributed by atoms with van der Waals surface area (Å²) >= 11 is 0. The Morgan fingerprint density at radius 3 is 2.21 bits per heavy atom. The number of para-hydroxylation sites is 1. The van der Waals surface area contributed by atoms with Gasteiger partial charge in [-0.3, -0.25) is 9.69 Å². The van der Waals surface area contributed by atoms with Gasteiger partial charge in [0.15, 0.2) is 9.84 Å². The van der Waals surface area contributed by atoms with Crippen molar-refractivity contribution >= 4 is 21.4 Å². The van der Waals surface area contributed by atoms with Gasteiger partial charge in [0.2, 0.25) is 5.91 Å². The molecule has 1 unspecified atom stereocenters. The molecule has 3 aromatic rings. The minimum atomic E-state index is -3.08. The molecule has 1 saturated heterocycles. The fraction of sp³-hybridized carbons (Fsp3) is 0.269. The molecule has 1 N–H and O–H groups in total. The third-order valence-corrected chi connectivity index (χ3v) is 7.48. The zero-order valence-electron chi connectivity index (χ0n) is 19.0. The standard InChI is InChI=1S/C26H28N2O5S/c1-32-23-11-7-20(8-12-23)17-28(22-15-16-34(30,31)19-22)18-26(29)27-21-9-13-25(14-10-21)33-24-5-3-2-4-6-24/h2-14,22H,15-19H2,1H3,(H,27,29). The van der Waals surface area contributed by atoms with E-state index in [-0.39, 0.29) is 30.0 Å². The van der Waals surface area contributed by atoms with Crippen molar-refractivity contribution in [3.63, 3.8) is 0 Å². The molecule has 7 nitrogen and oxygen atoms in total. The number of amides is 1. The maximum atomic E-state index is 12.9. The van der Waals surface area contributed by atoms with Crippen molar-refractivity contribution in [2.75, 3.05) is 30.5 Å². The molecule has 4 rings (SSSR count). The lowest BCUT2D eigenvalue weighted by Gasteiger charge is -2.27. The van der Waals surface area contributed by atoms with Gasteiger partial charge in [0.1, 0.15) is 17.2 Å². The van der Waals surface area contributed by atoms with Crippen LogP contribution in [0.15, 0.2) is 78.9 Å². The number of benzene rings is 3. The van der Waals surface area contributed by atoms with E-state index in [9.17, 15) is 13.2 Å². The summed E-state index contributed by atoms with van der Waals surface area (Å²) in [5.74, 6) is 2.18. The normalized spacial score (nSPS) is 16.8. The van der Waals surface area contributed by atoms with Crippen LogP contribution in [0.1, 0.15) is 12.0 Å². The second kappa shape index (κ2) is 10.7. The van der Waals surface area contributed by atoms with E-state index in [1.807, 2.05) is 59.5 Å². The number of ether oxygens (including phenoxy) is 2. The molecule has 0 saturated carbocycles. The Kier molecular flexibility index (Phi) is 7.49. The van der Waals surface area contributed by atoms with Crippen molar-refractivity contribution in [3.8, 4) is 17.2 Å². The molecular formula is C26H28N2O5S. The van der Waals surface area contributed by atoms with Crippen molar-refractivity contribution < 1.29 is 22.7 Å². The van der Waals surface area contributed by atoms with Gasteiger partial charge in [0.25, 0.3) is 0 Å². The van der Waals surface area contributed by atoms with Crippen LogP contribution in [0.2, 0.25) is 0 Å². The largest absolute Gasteiger partial charge is 0.497 e. The average Bonchev–Trinajstić information content (AvgIpc) is 3.20. The van der Waals surface area contributed by atoms with E-state index in [1.54, 1.807) is 31.4 Å². The van der Waals surface area contributed by atoms with E-state index in [0.29, 0.717) is 24.4 Å². The average molecular weight is 481 g/mol. The Bertz CT molecular complexity index is 1200. The highest BCUT2D eigenvalue weighted by Gasteiger charge is 2.33. The number of anilines is 1. The van der Waals surface area contributed by atoms with Crippen LogP contribution in [0.25, 0.3) is 0 Å². The van der Waals surface area contributed by atoms with Crippen molar-refractivity contribution in [1.29, 1.82) is 0 Å². The van der Waals surface area contributed by atoms with Gasteiger partial charge in [-0.15, -0.1) is 0 Å². The number of carbonyl (C=O) groups is 1. The fourth-order valence-electron chi connectivity index (χ4n) is 3.96. The van der Waals surface area contributed by atoms with E-state index in [0.717, 1.165) is 17.1 Å². The van der Waals surface area contributed by atoms with Gasteiger partial charge in [-0.05, 0) is 60.5 Å². The molecule has 1 amide bonds. The van der Waals surface area contributed by atoms with Gasteiger partial charge in [-0.2, -0.15) is 0 Å². The summed E-state index contributed by atoms with van der Waals surface area (Å²) in [7, 11) is -1.47. The summed E-state index contributed by atoms with van der Waals surface area (Å²) in [6, 6.07) is 24.0. The number of carbonyl (C=O) groups excluding carboxylic acids is 1. The number of nitrogens with one attached hydrogen (secondary N) is 1. The Labute approximate surface area is 200 Å². The van der Waals surface area contributed by atoms with Crippen molar-refractivity contribution in [1.82, 2.24) is 4.90 Å². The minimum absolute atomic E-state index is 0.0714. The predicted octanol–water partition coefficient (Wildman–Crippen LogP) is 4.12. The summed E-state index contributed by atoms with van der Waals surface area (Å²) in [6.07, 6.45) is 0.525. The minimum Gasteiger partial charge on any atom is -0.497 e. The monoisotopic (exact) mass is 480 g/mol. The quantitative estimate of drug-likeness (QED) is 0.496. The van der Waals surface area contributed by atoms with Gasteiger partial charge in [0, 0.05) is 18.3 Å². The van der Waals surface area contributed by atoms with E-state index >= 15 is 0 Å². The SMILES string of the molecule is COc1ccc(CN(CC(=O)Nc2ccc(Oc3ccccc3)cc2)C2CCS(=O)(=O)C2)cc1. The molecule has 0 aliphatic carbocycles. The van der Waals surface area contributed by atoms with E-state index in [4.69, 9.17) is 9.47 Å². The first kappa shape index (κ1) is 23.8. The molecule has 3 aromatic carbocycles. The first-order chi connectivity index (χ1) is 16.4. The molecule has 1 aliphatic rings. The number of rotatable bonds is 9. The molecule has 1 atom stereocenters. The third kappa shape index (κ3) is 6.59. The van der Waals surface area contributed by atoms with Crippen LogP contribution in [0.5, 0.6) is 17.2 Å². The highest BCUT2D eigenvalue weighted by atomic mass is 32.2. The van der Waals surface area contributed by atoms with Gasteiger partial charge in [0.05, 0.1) is 25.2 Å². The number of nitrogens with zero attached hydrogens (tertiary/aromatic N) is 1. The molecule has 34 heavy (non-hydrogen) atoms. The molecule has 1 fully saturated rings. The molecule has 0 bridgehead atoms. The van der Waals surface area contributed by atoms with Gasteiger partial charge >= 0.3 is 0 Å². The number of sulfone groups is 1. The lowest BCUT2D eigenvalue weighted by molar-refractivity contribution is -0.117. The number of hydrogen-bond donors (Lipinski definition) is 1. The van der Waals surface area contributed by atoms with Crippen LogP contribution in [-0.4, -0.2) is 50.4 Å². The summed E-state index contributed by atoms with van der Waals surface area (Å²) in [6.45, 7) is 0.565. The topological polar surface area (TPSA) is 84.9 Å². The Hall–Kier alpha value is -3.36. The highest BCUT2D eigenvalue weighted by molar-refractivity contribution is 7.91. The third-order valence-electron chi connectivity index (χ3n) is 5.73. The Morgan fingerprint density at radius 1 is 0.941 bits per heavy atom. The predicted molar refractivity (Wildman–Crippen MR) is 132 cm³/mol. The van der Waals surface area contributed by atoms with Crippen LogP contribution in [0.4, 0.5) is 5.69 Å². The van der Waals surface area contributed by atoms with Crippen LogP contribution < -0.4 is 14.8 Å². The van der Waals surface area contributed by atoms with Gasteiger partial charge in [-0.25, -0.2) is 8.42 Å². The number of hydrogen-bond acceptors (Lipinski definition) is 6. The Balaban J connectivity index is 1.40. The maximum absolute atomic E-state index is 12.9. The summed E-state index contributed by atoms with van der Waals surface area (Å²) in [5.41, 5.74) is 1.63. The summed E-state index contributed by atoms with van der Waals surface area (Å²) in [5, 5.41) is 2.91. The summed E-state index contributed by atoms with van der Waals surface area (Å²) in [4.78, 5) is 14.8. The van der Waals surface area contributed by atoms with Crippen LogP contribution in [0, 0.1) is 0 Å². The molecule has 0 spiro atoms. The van der Waals surface area contributed by atoms with E-state index in [2.05, 4.69) is 5.32 Å². The fourth-order valence-corrected chi connectivity index (χ4v) is 5.72. The van der Waals surface area contributed by atoms with Crippen LogP contribution in [0.3, 0.4) is 0 Å². The molecule has 178 valence electrons. The summed E-state index contributed by atoms with van der Waals surface area (Å²) < 4.78 is 35.1.